The third-order valence-corrected chi connectivity index (χ3v) is 5.74. The van der Waals surface area contributed by atoms with E-state index < -0.39 is 10.1 Å². The molecule has 0 aromatic heterocycles. The van der Waals surface area contributed by atoms with Crippen LogP contribution in [0.3, 0.4) is 0 Å². The van der Waals surface area contributed by atoms with E-state index in [0.717, 1.165) is 5.69 Å². The summed E-state index contributed by atoms with van der Waals surface area (Å²) in [5.74, 6) is -0.310. The van der Waals surface area contributed by atoms with Crippen LogP contribution in [0.15, 0.2) is 53.5 Å². The molecule has 0 saturated carbocycles. The number of hydrogen-bond donors (Lipinski definition) is 0. The Morgan fingerprint density at radius 3 is 2.68 bits per heavy atom. The normalized spacial score (nSPS) is 22.7. The molecule has 22 heavy (non-hydrogen) atoms. The summed E-state index contributed by atoms with van der Waals surface area (Å²) in [5.41, 5.74) is 1.12. The molecule has 1 heterocycles. The molecule has 1 aliphatic carbocycles. The number of nitrogens with zero attached hydrogens (tertiary/aromatic N) is 1. The van der Waals surface area contributed by atoms with Crippen LogP contribution in [-0.4, -0.2) is 36.6 Å². The monoisotopic (exact) mass is 345 g/mol. The van der Waals surface area contributed by atoms with Crippen LogP contribution in [0.25, 0.3) is 0 Å². The standard InChI is InChI=1S/C15H17NO3S2.Na/c17-21(18,19)11-5-10-16-12-6-1-3-8-14(12)20-15-9-4-2-7-13(15)16;/h1-4,6-9,12,14H,5,10-11H2,(H,17,18,19);/q;+1/p-1. The molecule has 2 atom stereocenters. The molecule has 1 aliphatic heterocycles. The molecule has 0 amide bonds. The van der Waals surface area contributed by atoms with Crippen molar-refractivity contribution in [1.82, 2.24) is 0 Å². The van der Waals surface area contributed by atoms with Gasteiger partial charge in [0.05, 0.1) is 27.1 Å². The van der Waals surface area contributed by atoms with Gasteiger partial charge < -0.3 is 9.45 Å². The zero-order valence-corrected chi connectivity index (χ0v) is 16.0. The molecule has 1 aromatic rings. The maximum absolute atomic E-state index is 10.8. The number of thioether (sulfide) groups is 1. The third kappa shape index (κ3) is 4.19. The van der Waals surface area contributed by atoms with Gasteiger partial charge in [0.25, 0.3) is 0 Å². The van der Waals surface area contributed by atoms with Crippen molar-refractivity contribution >= 4 is 27.6 Å². The fourth-order valence-electron chi connectivity index (χ4n) is 2.75. The van der Waals surface area contributed by atoms with Crippen LogP contribution in [0.5, 0.6) is 0 Å². The molecule has 0 bridgehead atoms. The number of fused-ring (bicyclic) bond motifs is 2. The third-order valence-electron chi connectivity index (χ3n) is 3.65. The molecule has 3 rings (SSSR count). The van der Waals surface area contributed by atoms with Gasteiger partial charge in [-0.15, -0.1) is 11.8 Å². The average molecular weight is 345 g/mol. The van der Waals surface area contributed by atoms with Gasteiger partial charge in [-0.1, -0.05) is 36.4 Å². The summed E-state index contributed by atoms with van der Waals surface area (Å²) in [6, 6.07) is 8.34. The summed E-state index contributed by atoms with van der Waals surface area (Å²) in [7, 11) is -4.15. The van der Waals surface area contributed by atoms with Gasteiger partial charge in [0.1, 0.15) is 0 Å². The van der Waals surface area contributed by atoms with Gasteiger partial charge >= 0.3 is 29.6 Å². The Labute approximate surface area is 157 Å². The van der Waals surface area contributed by atoms with Crippen LogP contribution in [0, 0.1) is 0 Å². The minimum Gasteiger partial charge on any atom is -0.748 e. The van der Waals surface area contributed by atoms with Crippen LogP contribution in [0.1, 0.15) is 6.42 Å². The Bertz CT molecular complexity index is 688. The minimum atomic E-state index is -4.15. The van der Waals surface area contributed by atoms with Gasteiger partial charge in [-0.2, -0.15) is 0 Å². The molecule has 2 unspecified atom stereocenters. The van der Waals surface area contributed by atoms with Crippen molar-refractivity contribution in [2.75, 3.05) is 17.2 Å². The second-order valence-electron chi connectivity index (χ2n) is 5.12. The van der Waals surface area contributed by atoms with Crippen LogP contribution < -0.4 is 34.5 Å². The van der Waals surface area contributed by atoms with E-state index in [2.05, 4.69) is 29.2 Å². The summed E-state index contributed by atoms with van der Waals surface area (Å²) in [6.07, 6.45) is 8.73. The average Bonchev–Trinajstić information content (AvgIpc) is 2.45. The summed E-state index contributed by atoms with van der Waals surface area (Å²) >= 11 is 1.82. The smallest absolute Gasteiger partial charge is 0.748 e. The van der Waals surface area contributed by atoms with E-state index in [0.29, 0.717) is 18.2 Å². The molecule has 4 nitrogen and oxygen atoms in total. The van der Waals surface area contributed by atoms with E-state index in [1.807, 2.05) is 36.0 Å². The maximum atomic E-state index is 10.8. The number of allylic oxidation sites excluding steroid dienone is 2. The first-order chi connectivity index (χ1) is 10.0. The zero-order chi connectivity index (χ0) is 14.9. The van der Waals surface area contributed by atoms with Gasteiger partial charge in [0, 0.05) is 17.2 Å². The van der Waals surface area contributed by atoms with E-state index >= 15 is 0 Å². The van der Waals surface area contributed by atoms with Crippen LogP contribution in [-0.2, 0) is 10.1 Å². The topological polar surface area (TPSA) is 60.4 Å². The van der Waals surface area contributed by atoms with Crippen LogP contribution in [0.4, 0.5) is 5.69 Å². The molecule has 0 spiro atoms. The molecule has 0 N–H and O–H groups in total. The predicted octanol–water partition coefficient (Wildman–Crippen LogP) is -0.599. The van der Waals surface area contributed by atoms with Crippen molar-refractivity contribution in [3.8, 4) is 0 Å². The van der Waals surface area contributed by atoms with Crippen molar-refractivity contribution in [2.45, 2.75) is 22.6 Å². The molecule has 2 aliphatic rings. The number of benzene rings is 1. The Hall–Kier alpha value is -0.240. The number of anilines is 1. The quantitative estimate of drug-likeness (QED) is 0.539. The SMILES string of the molecule is O=S(=O)([O-])CCCN1c2ccccc2SC2C=CC=CC21.[Na+]. The fraction of sp³-hybridized carbons (Fsp3) is 0.333. The fourth-order valence-corrected chi connectivity index (χ4v) is 4.53. The molecule has 0 fully saturated rings. The summed E-state index contributed by atoms with van der Waals surface area (Å²) < 4.78 is 32.4. The number of para-hydroxylation sites is 1. The first-order valence-electron chi connectivity index (χ1n) is 6.85. The van der Waals surface area contributed by atoms with E-state index in [-0.39, 0.29) is 41.4 Å². The number of rotatable bonds is 4. The predicted molar refractivity (Wildman–Crippen MR) is 84.7 cm³/mol. The van der Waals surface area contributed by atoms with Gasteiger partial charge in [-0.25, -0.2) is 8.42 Å². The first-order valence-corrected chi connectivity index (χ1v) is 9.31. The zero-order valence-electron chi connectivity index (χ0n) is 12.4. The largest absolute Gasteiger partial charge is 1.00 e. The molecule has 112 valence electrons. The summed E-state index contributed by atoms with van der Waals surface area (Å²) in [4.78, 5) is 3.41. The van der Waals surface area contributed by atoms with Crippen LogP contribution in [0.2, 0.25) is 0 Å². The maximum Gasteiger partial charge on any atom is 1.00 e. The Kier molecular flexibility index (Phi) is 6.22. The first kappa shape index (κ1) is 18.1. The Morgan fingerprint density at radius 1 is 1.18 bits per heavy atom. The Morgan fingerprint density at radius 2 is 1.91 bits per heavy atom. The second kappa shape index (κ2) is 7.55. The van der Waals surface area contributed by atoms with Crippen LogP contribution >= 0.6 is 11.8 Å². The summed E-state index contributed by atoms with van der Waals surface area (Å²) in [6.45, 7) is 0.568. The van der Waals surface area contributed by atoms with Crippen molar-refractivity contribution < 1.29 is 42.5 Å². The van der Waals surface area contributed by atoms with Crippen molar-refractivity contribution in [1.29, 1.82) is 0 Å². The van der Waals surface area contributed by atoms with Gasteiger partial charge in [-0.05, 0) is 18.6 Å². The minimum absolute atomic E-state index is 0. The van der Waals surface area contributed by atoms with E-state index in [9.17, 15) is 13.0 Å². The van der Waals surface area contributed by atoms with Crippen molar-refractivity contribution in [3.05, 3.63) is 48.6 Å². The molecule has 7 heteroatoms. The van der Waals surface area contributed by atoms with E-state index in [1.54, 1.807) is 0 Å². The molecular formula is C15H16NNaO3S2. The second-order valence-corrected chi connectivity index (χ2v) is 7.86. The summed E-state index contributed by atoms with van der Waals surface area (Å²) in [5, 5.41) is 0.328. The van der Waals surface area contributed by atoms with E-state index in [4.69, 9.17) is 0 Å². The molecular weight excluding hydrogens is 329 g/mol. The van der Waals surface area contributed by atoms with Gasteiger partial charge in [0.15, 0.2) is 0 Å². The molecule has 0 radical (unpaired) electrons. The molecule has 0 saturated heterocycles. The number of hydrogen-bond acceptors (Lipinski definition) is 5. The van der Waals surface area contributed by atoms with Gasteiger partial charge in [0.2, 0.25) is 0 Å². The van der Waals surface area contributed by atoms with Gasteiger partial charge in [-0.3, -0.25) is 0 Å². The van der Waals surface area contributed by atoms with E-state index in [1.165, 1.54) is 4.90 Å². The Balaban J connectivity index is 0.00000176. The van der Waals surface area contributed by atoms with Crippen molar-refractivity contribution in [2.24, 2.45) is 0 Å². The van der Waals surface area contributed by atoms with Crippen molar-refractivity contribution in [3.63, 3.8) is 0 Å². The molecule has 1 aromatic carbocycles.